The number of rotatable bonds is 7. The smallest absolute Gasteiger partial charge is 0.321 e. The van der Waals surface area contributed by atoms with Gasteiger partial charge in [-0.05, 0) is 31.5 Å². The van der Waals surface area contributed by atoms with Crippen LogP contribution in [0.25, 0.3) is 0 Å². The molecule has 5 nitrogen and oxygen atoms in total. The minimum atomic E-state index is -1.07. The highest BCUT2D eigenvalue weighted by Gasteiger charge is 2.37. The molecule has 0 aliphatic heterocycles. The highest BCUT2D eigenvalue weighted by atomic mass is 35.5. The van der Waals surface area contributed by atoms with Crippen molar-refractivity contribution in [2.45, 2.75) is 19.8 Å². The first-order chi connectivity index (χ1) is 10.0. The van der Waals surface area contributed by atoms with Crippen LogP contribution in [0.3, 0.4) is 0 Å². The molecule has 0 heterocycles. The van der Waals surface area contributed by atoms with E-state index in [-0.39, 0.29) is 32.2 Å². The van der Waals surface area contributed by atoms with Crippen molar-refractivity contribution in [2.24, 2.45) is 11.7 Å². The van der Waals surface area contributed by atoms with E-state index in [2.05, 4.69) is 0 Å². The summed E-state index contributed by atoms with van der Waals surface area (Å²) >= 11 is 5.85. The first-order valence-electron chi connectivity index (χ1n) is 6.83. The molecular formula is C15H21Cl2NO4. The van der Waals surface area contributed by atoms with Crippen molar-refractivity contribution >= 4 is 35.9 Å². The van der Waals surface area contributed by atoms with Crippen molar-refractivity contribution in [2.75, 3.05) is 19.8 Å². The molecule has 2 N–H and O–H groups in total. The van der Waals surface area contributed by atoms with E-state index in [1.54, 1.807) is 38.1 Å². The van der Waals surface area contributed by atoms with Crippen molar-refractivity contribution in [1.82, 2.24) is 0 Å². The van der Waals surface area contributed by atoms with E-state index in [0.717, 1.165) is 5.56 Å². The third-order valence-electron chi connectivity index (χ3n) is 3.04. The Labute approximate surface area is 141 Å². The molecule has 0 aliphatic carbocycles. The van der Waals surface area contributed by atoms with Gasteiger partial charge in [-0.3, -0.25) is 9.59 Å². The normalized spacial score (nSPS) is 11.5. The Morgan fingerprint density at radius 1 is 1.09 bits per heavy atom. The summed E-state index contributed by atoms with van der Waals surface area (Å²) in [5, 5.41) is 0.568. The predicted octanol–water partition coefficient (Wildman–Crippen LogP) is 2.55. The van der Waals surface area contributed by atoms with E-state index >= 15 is 0 Å². The van der Waals surface area contributed by atoms with Gasteiger partial charge in [0, 0.05) is 17.5 Å². The zero-order valence-corrected chi connectivity index (χ0v) is 14.2. The standard InChI is InChI=1S/C15H20ClNO4.ClH/c1-3-20-14(18)13(15(19)21-4-2)12(9-17)10-5-7-11(16)8-6-10;/h5-8,12-13H,3-4,9,17H2,1-2H3;1H. The fourth-order valence-electron chi connectivity index (χ4n) is 2.06. The summed E-state index contributed by atoms with van der Waals surface area (Å²) in [5.74, 6) is -2.83. The van der Waals surface area contributed by atoms with Gasteiger partial charge in [-0.25, -0.2) is 0 Å². The molecule has 1 atom stereocenters. The van der Waals surface area contributed by atoms with Crippen LogP contribution in [0.2, 0.25) is 5.02 Å². The molecule has 1 aromatic rings. The first-order valence-corrected chi connectivity index (χ1v) is 7.21. The Morgan fingerprint density at radius 3 is 1.91 bits per heavy atom. The van der Waals surface area contributed by atoms with Gasteiger partial charge in [-0.2, -0.15) is 0 Å². The van der Waals surface area contributed by atoms with Gasteiger partial charge in [-0.1, -0.05) is 23.7 Å². The molecule has 1 unspecified atom stereocenters. The van der Waals surface area contributed by atoms with Crippen LogP contribution in [-0.4, -0.2) is 31.7 Å². The molecule has 124 valence electrons. The second kappa shape index (κ2) is 10.4. The number of hydrogen-bond donors (Lipinski definition) is 1. The number of esters is 2. The van der Waals surface area contributed by atoms with Crippen molar-refractivity contribution in [3.63, 3.8) is 0 Å². The lowest BCUT2D eigenvalue weighted by molar-refractivity contribution is -0.162. The lowest BCUT2D eigenvalue weighted by atomic mass is 9.86. The summed E-state index contributed by atoms with van der Waals surface area (Å²) < 4.78 is 9.96. The minimum Gasteiger partial charge on any atom is -0.465 e. The average Bonchev–Trinajstić information content (AvgIpc) is 2.46. The van der Waals surface area contributed by atoms with Crippen LogP contribution in [0.15, 0.2) is 24.3 Å². The maximum atomic E-state index is 12.1. The summed E-state index contributed by atoms with van der Waals surface area (Å²) in [6.45, 7) is 3.85. The van der Waals surface area contributed by atoms with Gasteiger partial charge >= 0.3 is 11.9 Å². The van der Waals surface area contributed by atoms with Crippen LogP contribution in [0, 0.1) is 5.92 Å². The van der Waals surface area contributed by atoms with Gasteiger partial charge in [-0.15, -0.1) is 12.4 Å². The molecular weight excluding hydrogens is 329 g/mol. The quantitative estimate of drug-likeness (QED) is 0.604. The fraction of sp³-hybridized carbons (Fsp3) is 0.467. The maximum absolute atomic E-state index is 12.1. The molecule has 22 heavy (non-hydrogen) atoms. The van der Waals surface area contributed by atoms with Crippen molar-refractivity contribution in [3.8, 4) is 0 Å². The molecule has 0 saturated carbocycles. The summed E-state index contributed by atoms with van der Waals surface area (Å²) in [5.41, 5.74) is 6.51. The number of nitrogens with two attached hydrogens (primary N) is 1. The van der Waals surface area contributed by atoms with Crippen molar-refractivity contribution in [1.29, 1.82) is 0 Å². The topological polar surface area (TPSA) is 78.6 Å². The Bertz CT molecular complexity index is 461. The van der Waals surface area contributed by atoms with Gasteiger partial charge in [0.1, 0.15) is 0 Å². The highest BCUT2D eigenvalue weighted by molar-refractivity contribution is 6.30. The van der Waals surface area contributed by atoms with Gasteiger partial charge in [0.15, 0.2) is 5.92 Å². The summed E-state index contributed by atoms with van der Waals surface area (Å²) in [4.78, 5) is 24.2. The monoisotopic (exact) mass is 349 g/mol. The van der Waals surface area contributed by atoms with Crippen molar-refractivity contribution in [3.05, 3.63) is 34.9 Å². The Hall–Kier alpha value is -1.30. The SMILES string of the molecule is CCOC(=O)C(C(=O)OCC)C(CN)c1ccc(Cl)cc1.Cl. The molecule has 0 spiro atoms. The highest BCUT2D eigenvalue weighted by Crippen LogP contribution is 2.27. The van der Waals surface area contributed by atoms with Crippen LogP contribution in [0.5, 0.6) is 0 Å². The molecule has 7 heteroatoms. The van der Waals surface area contributed by atoms with Crippen LogP contribution >= 0.6 is 24.0 Å². The number of halogens is 2. The third kappa shape index (κ3) is 5.48. The lowest BCUT2D eigenvalue weighted by Crippen LogP contribution is -2.36. The van der Waals surface area contributed by atoms with Crippen LogP contribution in [0.1, 0.15) is 25.3 Å². The second-order valence-electron chi connectivity index (χ2n) is 4.38. The Balaban J connectivity index is 0.00000441. The Morgan fingerprint density at radius 2 is 1.55 bits per heavy atom. The van der Waals surface area contributed by atoms with Gasteiger partial charge in [0.2, 0.25) is 0 Å². The zero-order chi connectivity index (χ0) is 15.8. The minimum absolute atomic E-state index is 0. The van der Waals surface area contributed by atoms with E-state index in [1.165, 1.54) is 0 Å². The second-order valence-corrected chi connectivity index (χ2v) is 4.81. The van der Waals surface area contributed by atoms with Crippen LogP contribution in [-0.2, 0) is 19.1 Å². The molecule has 0 saturated heterocycles. The van der Waals surface area contributed by atoms with E-state index in [4.69, 9.17) is 26.8 Å². The number of ether oxygens (including phenoxy) is 2. The van der Waals surface area contributed by atoms with Gasteiger partial charge < -0.3 is 15.2 Å². The Kier molecular flexibility index (Phi) is 9.81. The number of carbonyl (C=O) groups is 2. The molecule has 0 radical (unpaired) electrons. The zero-order valence-electron chi connectivity index (χ0n) is 12.6. The van der Waals surface area contributed by atoms with E-state index in [0.29, 0.717) is 5.02 Å². The molecule has 1 aromatic carbocycles. The third-order valence-corrected chi connectivity index (χ3v) is 3.29. The van der Waals surface area contributed by atoms with Crippen LogP contribution in [0.4, 0.5) is 0 Å². The van der Waals surface area contributed by atoms with E-state index in [9.17, 15) is 9.59 Å². The maximum Gasteiger partial charge on any atom is 0.321 e. The number of benzene rings is 1. The van der Waals surface area contributed by atoms with Gasteiger partial charge in [0.25, 0.3) is 0 Å². The van der Waals surface area contributed by atoms with Gasteiger partial charge in [0.05, 0.1) is 13.2 Å². The summed E-state index contributed by atoms with van der Waals surface area (Å²) in [7, 11) is 0. The fourth-order valence-corrected chi connectivity index (χ4v) is 2.19. The molecule has 0 amide bonds. The average molecular weight is 350 g/mol. The number of hydrogen-bond acceptors (Lipinski definition) is 5. The molecule has 0 bridgehead atoms. The molecule has 0 aromatic heterocycles. The van der Waals surface area contributed by atoms with E-state index in [1.807, 2.05) is 0 Å². The largest absolute Gasteiger partial charge is 0.465 e. The predicted molar refractivity (Wildman–Crippen MR) is 87.3 cm³/mol. The number of carbonyl (C=O) groups excluding carboxylic acids is 2. The van der Waals surface area contributed by atoms with Crippen LogP contribution < -0.4 is 5.73 Å². The molecule has 1 rings (SSSR count). The lowest BCUT2D eigenvalue weighted by Gasteiger charge is -2.23. The summed E-state index contributed by atoms with van der Waals surface area (Å²) in [6.07, 6.45) is 0. The van der Waals surface area contributed by atoms with Crippen molar-refractivity contribution < 1.29 is 19.1 Å². The summed E-state index contributed by atoms with van der Waals surface area (Å²) in [6, 6.07) is 6.86. The molecule has 0 aliphatic rings. The first kappa shape index (κ1) is 20.7. The van der Waals surface area contributed by atoms with E-state index < -0.39 is 23.8 Å². The molecule has 0 fully saturated rings.